The summed E-state index contributed by atoms with van der Waals surface area (Å²) in [5.41, 5.74) is 6.70. The number of hydrogen-bond donors (Lipinski definition) is 1. The van der Waals surface area contributed by atoms with Crippen molar-refractivity contribution in [1.82, 2.24) is 4.90 Å². The molecule has 0 radical (unpaired) electrons. The molecule has 0 aliphatic rings. The van der Waals surface area contributed by atoms with E-state index in [1.165, 1.54) is 0 Å². The molecule has 0 saturated carbocycles. The fourth-order valence-electron chi connectivity index (χ4n) is 1.49. The molecule has 0 bridgehead atoms. The summed E-state index contributed by atoms with van der Waals surface area (Å²) in [5, 5.41) is 0. The summed E-state index contributed by atoms with van der Waals surface area (Å²) >= 11 is 3.41. The van der Waals surface area contributed by atoms with Crippen LogP contribution < -0.4 is 5.73 Å². The van der Waals surface area contributed by atoms with E-state index in [0.717, 1.165) is 10.0 Å². The van der Waals surface area contributed by atoms with E-state index in [1.54, 1.807) is 11.8 Å². The Bertz CT molecular complexity index is 366. The van der Waals surface area contributed by atoms with Crippen molar-refractivity contribution in [2.45, 2.75) is 26.4 Å². The summed E-state index contributed by atoms with van der Waals surface area (Å²) in [6.07, 6.45) is 0. The fraction of sp³-hybridized carbons (Fsp3) is 0.417. The Hall–Kier alpha value is -0.870. The SMILES string of the molecule is CCN(Cc1cccc(Br)c1)C(=O)C(C)N. The van der Waals surface area contributed by atoms with Gasteiger partial charge in [-0.2, -0.15) is 0 Å². The molecule has 1 unspecified atom stereocenters. The smallest absolute Gasteiger partial charge is 0.239 e. The molecule has 16 heavy (non-hydrogen) atoms. The Morgan fingerprint density at radius 1 is 1.56 bits per heavy atom. The molecule has 1 atom stereocenters. The zero-order chi connectivity index (χ0) is 12.1. The van der Waals surface area contributed by atoms with Crippen LogP contribution in [-0.2, 0) is 11.3 Å². The van der Waals surface area contributed by atoms with E-state index in [4.69, 9.17) is 5.73 Å². The van der Waals surface area contributed by atoms with Gasteiger partial charge in [-0.1, -0.05) is 28.1 Å². The molecule has 3 nitrogen and oxygen atoms in total. The third-order valence-corrected chi connectivity index (χ3v) is 2.84. The zero-order valence-corrected chi connectivity index (χ0v) is 11.2. The highest BCUT2D eigenvalue weighted by Gasteiger charge is 2.15. The number of likely N-dealkylation sites (N-methyl/N-ethyl adjacent to an activating group) is 1. The molecule has 0 aliphatic carbocycles. The van der Waals surface area contributed by atoms with Crippen molar-refractivity contribution in [2.75, 3.05) is 6.54 Å². The lowest BCUT2D eigenvalue weighted by Gasteiger charge is -2.22. The predicted molar refractivity (Wildman–Crippen MR) is 68.9 cm³/mol. The highest BCUT2D eigenvalue weighted by Crippen LogP contribution is 2.13. The first kappa shape index (κ1) is 13.2. The first-order chi connectivity index (χ1) is 7.54. The lowest BCUT2D eigenvalue weighted by atomic mass is 10.2. The van der Waals surface area contributed by atoms with E-state index < -0.39 is 6.04 Å². The summed E-state index contributed by atoms with van der Waals surface area (Å²) in [6.45, 7) is 4.95. The van der Waals surface area contributed by atoms with Gasteiger partial charge in [0.2, 0.25) is 5.91 Å². The molecule has 0 heterocycles. The van der Waals surface area contributed by atoms with Crippen molar-refractivity contribution in [3.63, 3.8) is 0 Å². The third-order valence-electron chi connectivity index (χ3n) is 2.35. The lowest BCUT2D eigenvalue weighted by molar-refractivity contribution is -0.132. The van der Waals surface area contributed by atoms with Gasteiger partial charge in [0.15, 0.2) is 0 Å². The standard InChI is InChI=1S/C12H17BrN2O/c1-3-15(12(16)9(2)14)8-10-5-4-6-11(13)7-10/h4-7,9H,3,8,14H2,1-2H3. The van der Waals surface area contributed by atoms with Crippen LogP contribution in [0.1, 0.15) is 19.4 Å². The van der Waals surface area contributed by atoms with Gasteiger partial charge in [0.25, 0.3) is 0 Å². The molecule has 0 fully saturated rings. The Morgan fingerprint density at radius 3 is 2.75 bits per heavy atom. The molecule has 0 spiro atoms. The Labute approximate surface area is 105 Å². The number of nitrogens with zero attached hydrogens (tertiary/aromatic N) is 1. The number of nitrogens with two attached hydrogens (primary N) is 1. The van der Waals surface area contributed by atoms with Gasteiger partial charge in [-0.05, 0) is 31.5 Å². The maximum atomic E-state index is 11.8. The van der Waals surface area contributed by atoms with E-state index in [1.807, 2.05) is 31.2 Å². The molecule has 0 aromatic heterocycles. The Balaban J connectivity index is 2.74. The number of rotatable bonds is 4. The summed E-state index contributed by atoms with van der Waals surface area (Å²) in [4.78, 5) is 13.5. The second kappa shape index (κ2) is 6.01. The highest BCUT2D eigenvalue weighted by molar-refractivity contribution is 9.10. The van der Waals surface area contributed by atoms with E-state index in [9.17, 15) is 4.79 Å². The number of carbonyl (C=O) groups excluding carboxylic acids is 1. The molecule has 1 amide bonds. The van der Waals surface area contributed by atoms with E-state index in [2.05, 4.69) is 15.9 Å². The largest absolute Gasteiger partial charge is 0.337 e. The van der Waals surface area contributed by atoms with Crippen molar-refractivity contribution >= 4 is 21.8 Å². The van der Waals surface area contributed by atoms with Gasteiger partial charge < -0.3 is 10.6 Å². The van der Waals surface area contributed by atoms with Gasteiger partial charge in [-0.25, -0.2) is 0 Å². The summed E-state index contributed by atoms with van der Waals surface area (Å²) in [5.74, 6) is -0.0116. The van der Waals surface area contributed by atoms with Gasteiger partial charge in [0.1, 0.15) is 0 Å². The number of benzene rings is 1. The van der Waals surface area contributed by atoms with Crippen LogP contribution in [0.15, 0.2) is 28.7 Å². The fourth-order valence-corrected chi connectivity index (χ4v) is 1.94. The lowest BCUT2D eigenvalue weighted by Crippen LogP contribution is -2.41. The van der Waals surface area contributed by atoms with Crippen molar-refractivity contribution < 1.29 is 4.79 Å². The maximum Gasteiger partial charge on any atom is 0.239 e. The Kier molecular flexibility index (Phi) is 4.96. The molecule has 0 aliphatic heterocycles. The summed E-state index contributed by atoms with van der Waals surface area (Å²) < 4.78 is 1.02. The first-order valence-corrected chi connectivity index (χ1v) is 6.12. The van der Waals surface area contributed by atoms with E-state index in [0.29, 0.717) is 13.1 Å². The predicted octanol–water partition coefficient (Wildman–Crippen LogP) is 2.14. The molecule has 1 rings (SSSR count). The van der Waals surface area contributed by atoms with Crippen LogP contribution >= 0.6 is 15.9 Å². The van der Waals surface area contributed by atoms with Gasteiger partial charge >= 0.3 is 0 Å². The number of carbonyl (C=O) groups is 1. The molecular formula is C12H17BrN2O. The molecule has 88 valence electrons. The third kappa shape index (κ3) is 3.61. The molecular weight excluding hydrogens is 268 g/mol. The number of halogens is 1. The van der Waals surface area contributed by atoms with Gasteiger partial charge in [0, 0.05) is 17.6 Å². The van der Waals surface area contributed by atoms with Crippen molar-refractivity contribution in [1.29, 1.82) is 0 Å². The van der Waals surface area contributed by atoms with Crippen LogP contribution in [0, 0.1) is 0 Å². The van der Waals surface area contributed by atoms with E-state index >= 15 is 0 Å². The van der Waals surface area contributed by atoms with E-state index in [-0.39, 0.29) is 5.91 Å². The van der Waals surface area contributed by atoms with Crippen molar-refractivity contribution in [3.8, 4) is 0 Å². The number of amides is 1. The van der Waals surface area contributed by atoms with Crippen LogP contribution in [-0.4, -0.2) is 23.4 Å². The van der Waals surface area contributed by atoms with Gasteiger partial charge in [0.05, 0.1) is 6.04 Å². The van der Waals surface area contributed by atoms with Crippen molar-refractivity contribution in [3.05, 3.63) is 34.3 Å². The Morgan fingerprint density at radius 2 is 2.25 bits per heavy atom. The van der Waals surface area contributed by atoms with Crippen LogP contribution in [0.3, 0.4) is 0 Å². The molecule has 1 aromatic carbocycles. The molecule has 0 saturated heterocycles. The minimum atomic E-state index is -0.438. The van der Waals surface area contributed by atoms with Crippen LogP contribution in [0.4, 0.5) is 0 Å². The second-order valence-corrected chi connectivity index (χ2v) is 4.69. The summed E-state index contributed by atoms with van der Waals surface area (Å²) in [6, 6.07) is 7.50. The van der Waals surface area contributed by atoms with Gasteiger partial charge in [-0.3, -0.25) is 4.79 Å². The monoisotopic (exact) mass is 284 g/mol. The van der Waals surface area contributed by atoms with Crippen LogP contribution in [0.2, 0.25) is 0 Å². The van der Waals surface area contributed by atoms with Crippen molar-refractivity contribution in [2.24, 2.45) is 5.73 Å². The molecule has 1 aromatic rings. The van der Waals surface area contributed by atoms with Crippen LogP contribution in [0.5, 0.6) is 0 Å². The topological polar surface area (TPSA) is 46.3 Å². The zero-order valence-electron chi connectivity index (χ0n) is 9.61. The maximum absolute atomic E-state index is 11.8. The molecule has 4 heteroatoms. The molecule has 2 N–H and O–H groups in total. The quantitative estimate of drug-likeness (QED) is 0.921. The number of hydrogen-bond acceptors (Lipinski definition) is 2. The first-order valence-electron chi connectivity index (χ1n) is 5.33. The average Bonchev–Trinajstić information content (AvgIpc) is 2.25. The van der Waals surface area contributed by atoms with Gasteiger partial charge in [-0.15, -0.1) is 0 Å². The minimum absolute atomic E-state index is 0.0116. The normalized spacial score (nSPS) is 12.2. The average molecular weight is 285 g/mol. The van der Waals surface area contributed by atoms with Crippen LogP contribution in [0.25, 0.3) is 0 Å². The summed E-state index contributed by atoms with van der Waals surface area (Å²) in [7, 11) is 0. The highest BCUT2D eigenvalue weighted by atomic mass is 79.9. The minimum Gasteiger partial charge on any atom is -0.337 e. The second-order valence-electron chi connectivity index (χ2n) is 3.77.